The van der Waals surface area contributed by atoms with Crippen LogP contribution in [-0.4, -0.2) is 59.5 Å². The van der Waals surface area contributed by atoms with Gasteiger partial charge in [-0.05, 0) is 45.6 Å². The largest absolute Gasteiger partial charge is 0.376 e. The van der Waals surface area contributed by atoms with Gasteiger partial charge in [-0.15, -0.1) is 0 Å². The van der Waals surface area contributed by atoms with Gasteiger partial charge >= 0.3 is 0 Å². The number of carbonyl (C=O) groups excluding carboxylic acids is 1. The summed E-state index contributed by atoms with van der Waals surface area (Å²) in [6.07, 6.45) is 4.29. The summed E-state index contributed by atoms with van der Waals surface area (Å²) in [6, 6.07) is 1.83. The molecule has 0 aliphatic carbocycles. The Hall–Kier alpha value is -1.99. The number of aryl methyl sites for hydroxylation is 2. The maximum absolute atomic E-state index is 13.5. The van der Waals surface area contributed by atoms with E-state index in [1.165, 1.54) is 0 Å². The van der Waals surface area contributed by atoms with E-state index in [9.17, 15) is 4.79 Å². The molecule has 2 aromatic heterocycles. The molecule has 2 fully saturated rings. The molecule has 7 heteroatoms. The summed E-state index contributed by atoms with van der Waals surface area (Å²) < 4.78 is 16.8. The highest BCUT2D eigenvalue weighted by Crippen LogP contribution is 2.25. The van der Waals surface area contributed by atoms with Gasteiger partial charge in [0.2, 0.25) is 0 Å². The number of ether oxygens (including phenoxy) is 2. The number of hydrogen-bond donors (Lipinski definition) is 0. The summed E-state index contributed by atoms with van der Waals surface area (Å²) in [7, 11) is 0. The van der Waals surface area contributed by atoms with Gasteiger partial charge in [0.25, 0.3) is 11.6 Å². The van der Waals surface area contributed by atoms with Crippen LogP contribution in [0.1, 0.15) is 47.4 Å². The molecule has 0 bridgehead atoms. The van der Waals surface area contributed by atoms with Crippen molar-refractivity contribution in [1.82, 2.24) is 15.0 Å². The fraction of sp³-hybridized carbons (Fsp3) is 0.632. The smallest absolute Gasteiger partial charge is 0.258 e. The fourth-order valence-corrected chi connectivity index (χ4v) is 3.87. The zero-order chi connectivity index (χ0) is 18.1. The van der Waals surface area contributed by atoms with Gasteiger partial charge in [-0.3, -0.25) is 4.79 Å². The Balaban J connectivity index is 1.65. The third-order valence-electron chi connectivity index (χ3n) is 5.16. The third kappa shape index (κ3) is 3.46. The van der Waals surface area contributed by atoms with Gasteiger partial charge in [-0.1, -0.05) is 5.16 Å². The maximum atomic E-state index is 13.5. The van der Waals surface area contributed by atoms with E-state index in [1.807, 2.05) is 24.8 Å². The van der Waals surface area contributed by atoms with Crippen LogP contribution >= 0.6 is 0 Å². The van der Waals surface area contributed by atoms with Crippen LogP contribution in [0.15, 0.2) is 10.6 Å². The average molecular weight is 359 g/mol. The second kappa shape index (κ2) is 7.32. The maximum Gasteiger partial charge on any atom is 0.258 e. The number of aromatic nitrogens is 2. The van der Waals surface area contributed by atoms with E-state index in [0.717, 1.165) is 44.6 Å². The van der Waals surface area contributed by atoms with E-state index >= 15 is 0 Å². The summed E-state index contributed by atoms with van der Waals surface area (Å²) in [4.78, 5) is 19.7. The summed E-state index contributed by atoms with van der Waals surface area (Å²) in [6.45, 7) is 6.42. The first-order chi connectivity index (χ1) is 12.6. The number of fused-ring (bicyclic) bond motifs is 1. The minimum Gasteiger partial charge on any atom is -0.376 e. The highest BCUT2D eigenvalue weighted by atomic mass is 16.5. The van der Waals surface area contributed by atoms with E-state index in [1.54, 1.807) is 0 Å². The Bertz CT molecular complexity index is 773. The molecule has 2 aromatic rings. The molecular formula is C19H25N3O4. The standard InChI is InChI=1S/C19H25N3O4/c1-12-9-16(17-13(2)21-26-18(17)20-12)19(23)22(10-14-5-3-7-24-14)11-15-6-4-8-25-15/h9,14-15H,3-8,10-11H2,1-2H3/t14-,15-/m0/s1. The molecule has 0 aromatic carbocycles. The van der Waals surface area contributed by atoms with Crippen molar-refractivity contribution in [3.8, 4) is 0 Å². The van der Waals surface area contributed by atoms with Crippen molar-refractivity contribution in [2.45, 2.75) is 51.7 Å². The van der Waals surface area contributed by atoms with Crippen molar-refractivity contribution in [1.29, 1.82) is 0 Å². The van der Waals surface area contributed by atoms with Crippen molar-refractivity contribution in [3.63, 3.8) is 0 Å². The Labute approximate surface area is 152 Å². The first-order valence-electron chi connectivity index (χ1n) is 9.38. The van der Waals surface area contributed by atoms with Crippen LogP contribution in [0.3, 0.4) is 0 Å². The number of nitrogens with zero attached hydrogens (tertiary/aromatic N) is 3. The van der Waals surface area contributed by atoms with Gasteiger partial charge in [0.15, 0.2) is 0 Å². The van der Waals surface area contributed by atoms with Crippen molar-refractivity contribution in [2.24, 2.45) is 0 Å². The number of hydrogen-bond acceptors (Lipinski definition) is 6. The molecule has 0 radical (unpaired) electrons. The van der Waals surface area contributed by atoms with Crippen LogP contribution in [0, 0.1) is 13.8 Å². The number of rotatable bonds is 5. The molecule has 4 rings (SSSR count). The van der Waals surface area contributed by atoms with E-state index in [4.69, 9.17) is 14.0 Å². The van der Waals surface area contributed by atoms with Crippen LogP contribution in [0.25, 0.3) is 11.1 Å². The van der Waals surface area contributed by atoms with Crippen LogP contribution in [0.5, 0.6) is 0 Å². The quantitative estimate of drug-likeness (QED) is 0.817. The Kier molecular flexibility index (Phi) is 4.91. The number of carbonyl (C=O) groups is 1. The lowest BCUT2D eigenvalue weighted by atomic mass is 10.1. The Morgan fingerprint density at radius 2 is 1.81 bits per heavy atom. The molecule has 4 heterocycles. The number of pyridine rings is 1. The zero-order valence-electron chi connectivity index (χ0n) is 15.4. The highest BCUT2D eigenvalue weighted by Gasteiger charge is 2.29. The molecule has 1 amide bonds. The van der Waals surface area contributed by atoms with Gasteiger partial charge in [-0.2, -0.15) is 0 Å². The molecule has 0 N–H and O–H groups in total. The lowest BCUT2D eigenvalue weighted by molar-refractivity contribution is 0.0308. The summed E-state index contributed by atoms with van der Waals surface area (Å²) in [5, 5.41) is 4.69. The van der Waals surface area contributed by atoms with Crippen LogP contribution < -0.4 is 0 Å². The monoisotopic (exact) mass is 359 g/mol. The lowest BCUT2D eigenvalue weighted by Crippen LogP contribution is -2.42. The third-order valence-corrected chi connectivity index (χ3v) is 5.16. The molecule has 7 nitrogen and oxygen atoms in total. The van der Waals surface area contributed by atoms with Crippen LogP contribution in [-0.2, 0) is 9.47 Å². The molecule has 140 valence electrons. The van der Waals surface area contributed by atoms with Crippen molar-refractivity contribution in [3.05, 3.63) is 23.0 Å². The highest BCUT2D eigenvalue weighted by molar-refractivity contribution is 6.06. The summed E-state index contributed by atoms with van der Waals surface area (Å²) in [5.74, 6) is -0.0298. The van der Waals surface area contributed by atoms with Gasteiger partial charge < -0.3 is 18.9 Å². The lowest BCUT2D eigenvalue weighted by Gasteiger charge is -2.28. The molecule has 0 spiro atoms. The predicted molar refractivity (Wildman–Crippen MR) is 95.1 cm³/mol. The molecular weight excluding hydrogens is 334 g/mol. The SMILES string of the molecule is Cc1cc(C(=O)N(C[C@@H]2CCCO2)C[C@@H]2CCCO2)c2c(C)noc2n1. The summed E-state index contributed by atoms with van der Waals surface area (Å²) in [5.41, 5.74) is 2.44. The van der Waals surface area contributed by atoms with Crippen molar-refractivity contribution >= 4 is 17.0 Å². The molecule has 2 atom stereocenters. The second-order valence-corrected chi connectivity index (χ2v) is 7.24. The Morgan fingerprint density at radius 3 is 2.38 bits per heavy atom. The average Bonchev–Trinajstić information content (AvgIpc) is 3.36. The van der Waals surface area contributed by atoms with E-state index < -0.39 is 0 Å². The first-order valence-corrected chi connectivity index (χ1v) is 9.38. The summed E-state index contributed by atoms with van der Waals surface area (Å²) >= 11 is 0. The zero-order valence-corrected chi connectivity index (χ0v) is 15.4. The molecule has 2 aliphatic rings. The molecule has 2 saturated heterocycles. The van der Waals surface area contributed by atoms with Crippen molar-refractivity contribution < 1.29 is 18.8 Å². The molecule has 26 heavy (non-hydrogen) atoms. The topological polar surface area (TPSA) is 77.7 Å². The normalized spacial score (nSPS) is 23.0. The minimum absolute atomic E-state index is 0.0298. The van der Waals surface area contributed by atoms with E-state index in [2.05, 4.69) is 10.1 Å². The van der Waals surface area contributed by atoms with Gasteiger partial charge in [-0.25, -0.2) is 4.98 Å². The fourth-order valence-electron chi connectivity index (χ4n) is 3.87. The number of amides is 1. The first kappa shape index (κ1) is 17.4. The van der Waals surface area contributed by atoms with E-state index in [-0.39, 0.29) is 18.1 Å². The van der Waals surface area contributed by atoms with Gasteiger partial charge in [0.1, 0.15) is 0 Å². The van der Waals surface area contributed by atoms with Crippen molar-refractivity contribution in [2.75, 3.05) is 26.3 Å². The molecule has 2 aliphatic heterocycles. The Morgan fingerprint density at radius 1 is 1.15 bits per heavy atom. The van der Waals surface area contributed by atoms with Gasteiger partial charge in [0.05, 0.1) is 28.9 Å². The predicted octanol–water partition coefficient (Wildman–Crippen LogP) is 2.64. The minimum atomic E-state index is -0.0298. The van der Waals surface area contributed by atoms with E-state index in [0.29, 0.717) is 35.4 Å². The van der Waals surface area contributed by atoms with Gasteiger partial charge in [0, 0.05) is 32.0 Å². The molecule has 0 saturated carbocycles. The van der Waals surface area contributed by atoms with Crippen LogP contribution in [0.2, 0.25) is 0 Å². The van der Waals surface area contributed by atoms with Crippen LogP contribution in [0.4, 0.5) is 0 Å². The second-order valence-electron chi connectivity index (χ2n) is 7.24. The molecule has 0 unspecified atom stereocenters.